The second-order valence-corrected chi connectivity index (χ2v) is 6.21. The highest BCUT2D eigenvalue weighted by Crippen LogP contribution is 2.28. The number of allylic oxidation sites excluding steroid dienone is 2. The molecular weight excluding hydrogens is 282 g/mol. The van der Waals surface area contributed by atoms with Crippen LogP contribution < -0.4 is 0 Å². The molecule has 0 saturated carbocycles. The molecule has 1 aromatic heterocycles. The fourth-order valence-electron chi connectivity index (χ4n) is 2.86. The lowest BCUT2D eigenvalue weighted by Gasteiger charge is -2.07. The van der Waals surface area contributed by atoms with Gasteiger partial charge in [0.15, 0.2) is 0 Å². The third kappa shape index (κ3) is 5.70. The number of unbranched alkanes of at least 4 members (excludes halogenated alkanes) is 6. The molecule has 1 N–H and O–H groups in total. The predicted octanol–water partition coefficient (Wildman–Crippen LogP) is 6.18. The first kappa shape index (κ1) is 17.5. The zero-order valence-corrected chi connectivity index (χ0v) is 14.3. The van der Waals surface area contributed by atoms with Crippen LogP contribution in [0.25, 0.3) is 10.9 Å². The summed E-state index contributed by atoms with van der Waals surface area (Å²) < 4.78 is 0. The molecule has 2 rings (SSSR count). The normalized spacial score (nSPS) is 11.5. The molecule has 2 nitrogen and oxygen atoms in total. The van der Waals surface area contributed by atoms with Crippen LogP contribution >= 0.6 is 0 Å². The number of aromatic hydroxyl groups is 1. The molecule has 0 unspecified atom stereocenters. The van der Waals surface area contributed by atoms with Crippen molar-refractivity contribution in [3.63, 3.8) is 0 Å². The Labute approximate surface area is 140 Å². The molecule has 1 aromatic carbocycles. The van der Waals surface area contributed by atoms with Gasteiger partial charge in [-0.05, 0) is 43.7 Å². The lowest BCUT2D eigenvalue weighted by atomic mass is 10.0. The molecule has 0 saturated heterocycles. The smallest absolute Gasteiger partial charge is 0.144 e. The Morgan fingerprint density at radius 2 is 1.74 bits per heavy atom. The van der Waals surface area contributed by atoms with E-state index in [1.54, 1.807) is 6.20 Å². The third-order valence-electron chi connectivity index (χ3n) is 4.29. The molecule has 0 bridgehead atoms. The van der Waals surface area contributed by atoms with Gasteiger partial charge in [-0.15, -0.1) is 0 Å². The van der Waals surface area contributed by atoms with E-state index in [1.807, 2.05) is 18.2 Å². The number of benzene rings is 1. The molecule has 0 radical (unpaired) electrons. The Morgan fingerprint density at radius 3 is 2.57 bits per heavy atom. The largest absolute Gasteiger partial charge is 0.505 e. The fourth-order valence-corrected chi connectivity index (χ4v) is 2.86. The summed E-state index contributed by atoms with van der Waals surface area (Å²) >= 11 is 0. The number of phenols is 1. The van der Waals surface area contributed by atoms with E-state index in [9.17, 15) is 5.11 Å². The van der Waals surface area contributed by atoms with Gasteiger partial charge in [0.05, 0.1) is 0 Å². The van der Waals surface area contributed by atoms with Crippen molar-refractivity contribution in [3.05, 3.63) is 48.2 Å². The number of hydrogen-bond donors (Lipinski definition) is 1. The average Bonchev–Trinajstić information content (AvgIpc) is 2.58. The second kappa shape index (κ2) is 10.0. The average molecular weight is 311 g/mol. The summed E-state index contributed by atoms with van der Waals surface area (Å²) in [4.78, 5) is 4.28. The zero-order valence-electron chi connectivity index (χ0n) is 14.3. The van der Waals surface area contributed by atoms with E-state index in [0.29, 0.717) is 5.75 Å². The summed E-state index contributed by atoms with van der Waals surface area (Å²) in [6, 6.07) is 7.98. The highest BCUT2D eigenvalue weighted by Gasteiger charge is 2.06. The molecule has 0 aliphatic heterocycles. The van der Waals surface area contributed by atoms with E-state index in [2.05, 4.69) is 30.1 Å². The van der Waals surface area contributed by atoms with Gasteiger partial charge >= 0.3 is 0 Å². The van der Waals surface area contributed by atoms with Crippen molar-refractivity contribution < 1.29 is 5.11 Å². The molecule has 124 valence electrons. The SMILES string of the molecule is CCCCC=CCCCCCCc1ccc2cccnc2c1O. The molecule has 0 amide bonds. The first-order valence-corrected chi connectivity index (χ1v) is 9.03. The fraction of sp³-hybridized carbons (Fsp3) is 0.476. The van der Waals surface area contributed by atoms with Crippen molar-refractivity contribution >= 4 is 10.9 Å². The maximum absolute atomic E-state index is 10.3. The minimum atomic E-state index is 0.363. The molecule has 0 atom stereocenters. The monoisotopic (exact) mass is 311 g/mol. The summed E-state index contributed by atoms with van der Waals surface area (Å²) in [5.74, 6) is 0.363. The van der Waals surface area contributed by atoms with Crippen molar-refractivity contribution in [2.45, 2.75) is 64.7 Å². The highest BCUT2D eigenvalue weighted by molar-refractivity contribution is 5.85. The van der Waals surface area contributed by atoms with Gasteiger partial charge in [-0.3, -0.25) is 4.98 Å². The number of hydrogen-bond acceptors (Lipinski definition) is 2. The third-order valence-corrected chi connectivity index (χ3v) is 4.29. The van der Waals surface area contributed by atoms with E-state index < -0.39 is 0 Å². The molecule has 2 aromatic rings. The van der Waals surface area contributed by atoms with Gasteiger partial charge in [0.2, 0.25) is 0 Å². The number of pyridine rings is 1. The van der Waals surface area contributed by atoms with Crippen LogP contribution in [-0.2, 0) is 6.42 Å². The summed E-state index contributed by atoms with van der Waals surface area (Å²) in [6.07, 6.45) is 17.2. The number of aryl methyl sites for hydroxylation is 1. The number of nitrogens with zero attached hydrogens (tertiary/aromatic N) is 1. The van der Waals surface area contributed by atoms with Crippen LogP contribution in [0.15, 0.2) is 42.6 Å². The van der Waals surface area contributed by atoms with Crippen molar-refractivity contribution in [3.8, 4) is 5.75 Å². The van der Waals surface area contributed by atoms with Gasteiger partial charge in [0.25, 0.3) is 0 Å². The van der Waals surface area contributed by atoms with Gasteiger partial charge in [-0.2, -0.15) is 0 Å². The summed E-state index contributed by atoms with van der Waals surface area (Å²) in [7, 11) is 0. The topological polar surface area (TPSA) is 33.1 Å². The van der Waals surface area contributed by atoms with Crippen LogP contribution in [0.4, 0.5) is 0 Å². The molecule has 23 heavy (non-hydrogen) atoms. The lowest BCUT2D eigenvalue weighted by molar-refractivity contribution is 0.471. The van der Waals surface area contributed by atoms with Crippen molar-refractivity contribution in [1.29, 1.82) is 0 Å². The standard InChI is InChI=1S/C21H29NO/c1-2-3-4-5-6-7-8-9-10-11-13-19-16-15-18-14-12-17-22-20(18)21(19)23/h5-6,12,14-17,23H,2-4,7-11,13H2,1H3. The maximum Gasteiger partial charge on any atom is 0.144 e. The minimum Gasteiger partial charge on any atom is -0.505 e. The van der Waals surface area contributed by atoms with Gasteiger partial charge in [-0.25, -0.2) is 0 Å². The van der Waals surface area contributed by atoms with Crippen LogP contribution in [0.1, 0.15) is 63.9 Å². The quantitative estimate of drug-likeness (QED) is 0.420. The van der Waals surface area contributed by atoms with Crippen molar-refractivity contribution in [1.82, 2.24) is 4.98 Å². The molecule has 0 spiro atoms. The van der Waals surface area contributed by atoms with Crippen LogP contribution in [0, 0.1) is 0 Å². The lowest BCUT2D eigenvalue weighted by Crippen LogP contribution is -1.89. The molecule has 0 fully saturated rings. The second-order valence-electron chi connectivity index (χ2n) is 6.21. The van der Waals surface area contributed by atoms with Crippen LogP contribution in [0.3, 0.4) is 0 Å². The Hall–Kier alpha value is -1.83. The van der Waals surface area contributed by atoms with Gasteiger partial charge in [0, 0.05) is 11.6 Å². The van der Waals surface area contributed by atoms with E-state index in [0.717, 1.165) is 29.3 Å². The van der Waals surface area contributed by atoms with Crippen molar-refractivity contribution in [2.24, 2.45) is 0 Å². The minimum absolute atomic E-state index is 0.363. The predicted molar refractivity (Wildman–Crippen MR) is 98.9 cm³/mol. The highest BCUT2D eigenvalue weighted by atomic mass is 16.3. The first-order chi connectivity index (χ1) is 11.3. The van der Waals surface area contributed by atoms with E-state index in [1.165, 1.54) is 44.9 Å². The van der Waals surface area contributed by atoms with E-state index >= 15 is 0 Å². The van der Waals surface area contributed by atoms with Crippen molar-refractivity contribution in [2.75, 3.05) is 0 Å². The molecular formula is C21H29NO. The number of rotatable bonds is 10. The molecule has 0 aliphatic rings. The van der Waals surface area contributed by atoms with Crippen LogP contribution in [-0.4, -0.2) is 10.1 Å². The number of aromatic nitrogens is 1. The Kier molecular flexibility index (Phi) is 7.65. The summed E-state index contributed by atoms with van der Waals surface area (Å²) in [5.41, 5.74) is 1.75. The van der Waals surface area contributed by atoms with Gasteiger partial charge in [0.1, 0.15) is 11.3 Å². The number of fused-ring (bicyclic) bond motifs is 1. The first-order valence-electron chi connectivity index (χ1n) is 9.03. The van der Waals surface area contributed by atoms with Gasteiger partial charge in [-0.1, -0.05) is 63.0 Å². The summed E-state index contributed by atoms with van der Waals surface area (Å²) in [5, 5.41) is 11.3. The van der Waals surface area contributed by atoms with Gasteiger partial charge < -0.3 is 5.11 Å². The number of phenolic OH excluding ortho intramolecular Hbond substituents is 1. The Morgan fingerprint density at radius 1 is 0.957 bits per heavy atom. The van der Waals surface area contributed by atoms with Crippen LogP contribution in [0.2, 0.25) is 0 Å². The maximum atomic E-state index is 10.3. The Bertz CT molecular complexity index is 618. The van der Waals surface area contributed by atoms with E-state index in [-0.39, 0.29) is 0 Å². The summed E-state index contributed by atoms with van der Waals surface area (Å²) in [6.45, 7) is 2.23. The zero-order chi connectivity index (χ0) is 16.3. The molecule has 1 heterocycles. The Balaban J connectivity index is 1.67. The molecule has 0 aliphatic carbocycles. The van der Waals surface area contributed by atoms with E-state index in [4.69, 9.17) is 0 Å². The molecule has 2 heteroatoms. The van der Waals surface area contributed by atoms with Crippen LogP contribution in [0.5, 0.6) is 5.75 Å².